The van der Waals surface area contributed by atoms with Crippen molar-refractivity contribution in [1.82, 2.24) is 0 Å². The van der Waals surface area contributed by atoms with Crippen LogP contribution >= 0.6 is 0 Å². The van der Waals surface area contributed by atoms with Crippen LogP contribution in [0.25, 0.3) is 65.3 Å². The summed E-state index contributed by atoms with van der Waals surface area (Å²) in [5.74, 6) is 0. The van der Waals surface area contributed by atoms with Gasteiger partial charge in [0.05, 0.1) is 11.4 Å². The van der Waals surface area contributed by atoms with Crippen molar-refractivity contribution in [1.29, 1.82) is 0 Å². The molecule has 11 rings (SSSR count). The highest BCUT2D eigenvalue weighted by Crippen LogP contribution is 2.50. The molecule has 0 amide bonds. The molecular weight excluding hydrogens is 773 g/mol. The van der Waals surface area contributed by atoms with E-state index in [1.165, 1.54) is 99.0 Å². The van der Waals surface area contributed by atoms with Gasteiger partial charge in [-0.3, -0.25) is 0 Å². The molecule has 0 heterocycles. The maximum absolute atomic E-state index is 2.44. The van der Waals surface area contributed by atoms with Gasteiger partial charge in [0.25, 0.3) is 0 Å². The molecule has 11 aromatic carbocycles. The maximum Gasteiger partial charge on any atom is 0.0618 e. The molecule has 0 fully saturated rings. The van der Waals surface area contributed by atoms with Crippen LogP contribution in [-0.2, 0) is 0 Å². The van der Waals surface area contributed by atoms with Gasteiger partial charge in [-0.05, 0) is 120 Å². The molecule has 0 aromatic heterocycles. The SMILES string of the molecule is Cc1ccc(N(c2ccc(C)cc2)c2c3ccccc3c(-c3ccc(-c4c5ccccc5c(N(c5ccc(C)cc5)c5ccc(C)cc5)c5ccccc45)cc3)c3ccccc23)cc1. The van der Waals surface area contributed by atoms with Crippen LogP contribution in [0.5, 0.6) is 0 Å². The van der Waals surface area contributed by atoms with Crippen molar-refractivity contribution >= 4 is 77.2 Å². The number of fused-ring (bicyclic) bond motifs is 4. The van der Waals surface area contributed by atoms with Gasteiger partial charge in [-0.1, -0.05) is 192 Å². The van der Waals surface area contributed by atoms with E-state index in [4.69, 9.17) is 0 Å². The summed E-state index contributed by atoms with van der Waals surface area (Å²) in [7, 11) is 0. The molecule has 0 radical (unpaired) electrons. The van der Waals surface area contributed by atoms with E-state index in [0.29, 0.717) is 0 Å². The monoisotopic (exact) mass is 820 g/mol. The second-order valence-electron chi connectivity index (χ2n) is 17.2. The van der Waals surface area contributed by atoms with E-state index in [0.717, 1.165) is 22.7 Å². The minimum Gasteiger partial charge on any atom is -0.309 e. The van der Waals surface area contributed by atoms with Crippen molar-refractivity contribution in [3.63, 3.8) is 0 Å². The molecule has 0 spiro atoms. The Morgan fingerprint density at radius 1 is 0.219 bits per heavy atom. The van der Waals surface area contributed by atoms with E-state index in [2.05, 4.69) is 256 Å². The second kappa shape index (κ2) is 16.1. The number of hydrogen-bond donors (Lipinski definition) is 0. The first-order valence-corrected chi connectivity index (χ1v) is 22.3. The average Bonchev–Trinajstić information content (AvgIpc) is 3.33. The van der Waals surface area contributed by atoms with Gasteiger partial charge in [0, 0.05) is 44.3 Å². The Balaban J connectivity index is 1.11. The van der Waals surface area contributed by atoms with E-state index >= 15 is 0 Å². The van der Waals surface area contributed by atoms with Crippen LogP contribution < -0.4 is 9.80 Å². The summed E-state index contributed by atoms with van der Waals surface area (Å²) in [5, 5.41) is 9.73. The Morgan fingerprint density at radius 3 is 0.641 bits per heavy atom. The lowest BCUT2D eigenvalue weighted by Gasteiger charge is -2.30. The Labute approximate surface area is 375 Å². The molecule has 0 aliphatic carbocycles. The summed E-state index contributed by atoms with van der Waals surface area (Å²) in [6.45, 7) is 8.60. The molecule has 0 aliphatic heterocycles. The molecule has 11 aromatic rings. The molecule has 0 unspecified atom stereocenters. The van der Waals surface area contributed by atoms with Crippen molar-refractivity contribution in [2.24, 2.45) is 0 Å². The third-order valence-electron chi connectivity index (χ3n) is 12.9. The fourth-order valence-electron chi connectivity index (χ4n) is 9.71. The van der Waals surface area contributed by atoms with Gasteiger partial charge >= 0.3 is 0 Å². The minimum atomic E-state index is 1.13. The summed E-state index contributed by atoms with van der Waals surface area (Å²) >= 11 is 0. The minimum absolute atomic E-state index is 1.13. The van der Waals surface area contributed by atoms with Gasteiger partial charge in [-0.25, -0.2) is 0 Å². The molecule has 0 bridgehead atoms. The zero-order valence-electron chi connectivity index (χ0n) is 36.7. The van der Waals surface area contributed by atoms with E-state index in [1.54, 1.807) is 0 Å². The zero-order chi connectivity index (χ0) is 43.3. The summed E-state index contributed by atoms with van der Waals surface area (Å²) in [5.41, 5.74) is 16.7. The molecule has 0 N–H and O–H groups in total. The lowest BCUT2D eigenvalue weighted by Crippen LogP contribution is -2.11. The average molecular weight is 821 g/mol. The van der Waals surface area contributed by atoms with E-state index in [9.17, 15) is 0 Å². The fraction of sp³-hybridized carbons (Fsp3) is 0.0645. The predicted octanol–water partition coefficient (Wildman–Crippen LogP) is 17.8. The lowest BCUT2D eigenvalue weighted by molar-refractivity contribution is 1.29. The van der Waals surface area contributed by atoms with Crippen molar-refractivity contribution in [2.45, 2.75) is 27.7 Å². The van der Waals surface area contributed by atoms with E-state index in [-0.39, 0.29) is 0 Å². The number of rotatable bonds is 8. The third kappa shape index (κ3) is 6.76. The zero-order valence-corrected chi connectivity index (χ0v) is 36.7. The molecule has 0 saturated carbocycles. The largest absolute Gasteiger partial charge is 0.309 e. The first-order chi connectivity index (χ1) is 31.4. The quantitative estimate of drug-likeness (QED) is 0.141. The standard InChI is InChI=1S/C62H48N2/c1-41-21-33-47(34-22-41)63(48-35-23-42(2)24-36-48)61-55-17-9-5-13-51(55)59(52-14-6-10-18-56(52)61)45-29-31-46(32-30-45)60-53-15-7-11-19-57(53)62(58-20-12-8-16-54(58)60)64(49-37-25-43(3)26-38-49)50-39-27-44(4)28-40-50/h5-40H,1-4H3. The highest BCUT2D eigenvalue weighted by Gasteiger charge is 2.24. The van der Waals surface area contributed by atoms with Crippen LogP contribution in [-0.4, -0.2) is 0 Å². The number of aryl methyl sites for hydroxylation is 4. The number of anilines is 6. The Hall–Kier alpha value is -7.94. The summed E-state index contributed by atoms with van der Waals surface area (Å²) in [6, 6.07) is 80.7. The molecule has 306 valence electrons. The second-order valence-corrected chi connectivity index (χ2v) is 17.2. The number of hydrogen-bond acceptors (Lipinski definition) is 2. The molecule has 0 atom stereocenters. The van der Waals surface area contributed by atoms with Gasteiger partial charge in [-0.15, -0.1) is 0 Å². The normalized spacial score (nSPS) is 11.4. The summed E-state index contributed by atoms with van der Waals surface area (Å²) in [6.07, 6.45) is 0. The molecule has 0 saturated heterocycles. The Kier molecular flexibility index (Phi) is 9.78. The van der Waals surface area contributed by atoms with Crippen LogP contribution in [0.1, 0.15) is 22.3 Å². The van der Waals surface area contributed by atoms with E-state index < -0.39 is 0 Å². The first-order valence-electron chi connectivity index (χ1n) is 22.3. The number of nitrogens with zero attached hydrogens (tertiary/aromatic N) is 2. The highest BCUT2D eigenvalue weighted by atomic mass is 15.2. The van der Waals surface area contributed by atoms with Crippen molar-refractivity contribution in [3.8, 4) is 22.3 Å². The molecule has 2 nitrogen and oxygen atoms in total. The Morgan fingerprint density at radius 2 is 0.422 bits per heavy atom. The van der Waals surface area contributed by atoms with Crippen molar-refractivity contribution < 1.29 is 0 Å². The van der Waals surface area contributed by atoms with Crippen LogP contribution in [0, 0.1) is 27.7 Å². The number of benzene rings is 11. The van der Waals surface area contributed by atoms with Crippen LogP contribution in [0.3, 0.4) is 0 Å². The topological polar surface area (TPSA) is 6.48 Å². The smallest absolute Gasteiger partial charge is 0.0618 e. The molecule has 0 aliphatic rings. The van der Waals surface area contributed by atoms with Gasteiger partial charge in [-0.2, -0.15) is 0 Å². The third-order valence-corrected chi connectivity index (χ3v) is 12.9. The van der Waals surface area contributed by atoms with Crippen LogP contribution in [0.2, 0.25) is 0 Å². The van der Waals surface area contributed by atoms with Crippen molar-refractivity contribution in [3.05, 3.63) is 241 Å². The molecule has 2 heteroatoms. The highest BCUT2D eigenvalue weighted by molar-refractivity contribution is 6.24. The van der Waals surface area contributed by atoms with Crippen molar-refractivity contribution in [2.75, 3.05) is 9.80 Å². The van der Waals surface area contributed by atoms with Crippen LogP contribution in [0.15, 0.2) is 218 Å². The summed E-state index contributed by atoms with van der Waals surface area (Å²) in [4.78, 5) is 4.88. The molecular formula is C62H48N2. The summed E-state index contributed by atoms with van der Waals surface area (Å²) < 4.78 is 0. The fourth-order valence-corrected chi connectivity index (χ4v) is 9.71. The Bertz CT molecular complexity index is 3050. The van der Waals surface area contributed by atoms with Gasteiger partial charge in [0.1, 0.15) is 0 Å². The van der Waals surface area contributed by atoms with Gasteiger partial charge in [0.2, 0.25) is 0 Å². The van der Waals surface area contributed by atoms with Crippen LogP contribution in [0.4, 0.5) is 34.1 Å². The maximum atomic E-state index is 2.44. The first kappa shape index (κ1) is 38.9. The van der Waals surface area contributed by atoms with Gasteiger partial charge < -0.3 is 9.80 Å². The lowest BCUT2D eigenvalue weighted by atomic mass is 9.87. The predicted molar refractivity (Wildman–Crippen MR) is 276 cm³/mol. The van der Waals surface area contributed by atoms with E-state index in [1.807, 2.05) is 0 Å². The van der Waals surface area contributed by atoms with Gasteiger partial charge in [0.15, 0.2) is 0 Å². The molecule has 64 heavy (non-hydrogen) atoms.